The van der Waals surface area contributed by atoms with Crippen molar-refractivity contribution in [1.82, 2.24) is 0 Å². The number of hydrogen-bond acceptors (Lipinski definition) is 3. The van der Waals surface area contributed by atoms with E-state index in [9.17, 15) is 23.1 Å². The maximum Gasteiger partial charge on any atom is 0.426 e. The Hall–Kier alpha value is -0.630. The molecule has 9 heteroatoms. The molecule has 0 fully saturated rings. The van der Waals surface area contributed by atoms with Crippen LogP contribution in [0.4, 0.5) is 18.9 Å². The van der Waals surface area contributed by atoms with Gasteiger partial charge >= 0.3 is 6.18 Å². The first-order valence-corrected chi connectivity index (χ1v) is 7.13. The average molecular weight is 348 g/mol. The second kappa shape index (κ2) is 6.01. The molecular formula is C11H10Cl2F3NO2S. The van der Waals surface area contributed by atoms with Crippen LogP contribution in [0, 0.1) is 0 Å². The molecule has 0 bridgehead atoms. The third-order valence-corrected chi connectivity index (χ3v) is 4.28. The Bertz CT molecular complexity index is 535. The monoisotopic (exact) mass is 347 g/mol. The van der Waals surface area contributed by atoms with Gasteiger partial charge in [-0.25, -0.2) is 0 Å². The van der Waals surface area contributed by atoms with Crippen molar-refractivity contribution in [2.24, 2.45) is 0 Å². The fourth-order valence-electron chi connectivity index (χ4n) is 1.16. The molecule has 0 aromatic heterocycles. The van der Waals surface area contributed by atoms with Crippen LogP contribution < -0.4 is 5.32 Å². The molecule has 112 valence electrons. The van der Waals surface area contributed by atoms with E-state index in [-0.39, 0.29) is 15.7 Å². The quantitative estimate of drug-likeness (QED) is 0.813. The molecule has 1 atom stereocenters. The zero-order valence-electron chi connectivity index (χ0n) is 10.3. The van der Waals surface area contributed by atoms with Gasteiger partial charge in [-0.05, 0) is 25.3 Å². The number of amides is 1. The first-order chi connectivity index (χ1) is 9.02. The largest absolute Gasteiger partial charge is 0.426 e. The molecular weight excluding hydrogens is 338 g/mol. The molecule has 0 spiro atoms. The Kier molecular flexibility index (Phi) is 5.23. The van der Waals surface area contributed by atoms with Crippen LogP contribution in [0.2, 0.25) is 10.0 Å². The van der Waals surface area contributed by atoms with Crippen molar-refractivity contribution in [3.8, 4) is 0 Å². The zero-order valence-corrected chi connectivity index (χ0v) is 12.6. The number of hydrogen-bond donors (Lipinski definition) is 2. The predicted molar refractivity (Wildman–Crippen MR) is 73.6 cm³/mol. The number of anilines is 1. The molecule has 1 amide bonds. The number of halogens is 5. The lowest BCUT2D eigenvalue weighted by atomic mass is 10.1. The van der Waals surface area contributed by atoms with Crippen molar-refractivity contribution >= 4 is 46.6 Å². The molecule has 2 N–H and O–H groups in total. The van der Waals surface area contributed by atoms with Gasteiger partial charge in [-0.3, -0.25) is 4.79 Å². The molecule has 1 aromatic rings. The van der Waals surface area contributed by atoms with Crippen LogP contribution in [0.1, 0.15) is 6.92 Å². The van der Waals surface area contributed by atoms with Gasteiger partial charge in [0.05, 0.1) is 15.7 Å². The second-order valence-electron chi connectivity index (χ2n) is 3.97. The van der Waals surface area contributed by atoms with Crippen molar-refractivity contribution < 1.29 is 23.1 Å². The van der Waals surface area contributed by atoms with Crippen LogP contribution in [-0.2, 0) is 4.79 Å². The van der Waals surface area contributed by atoms with E-state index >= 15 is 0 Å². The van der Waals surface area contributed by atoms with Crippen molar-refractivity contribution in [1.29, 1.82) is 0 Å². The summed E-state index contributed by atoms with van der Waals surface area (Å²) in [5.74, 6) is -1.64. The number of alkyl halides is 3. The average Bonchev–Trinajstić information content (AvgIpc) is 2.33. The zero-order chi connectivity index (χ0) is 15.7. The van der Waals surface area contributed by atoms with Crippen LogP contribution >= 0.6 is 35.0 Å². The first kappa shape index (κ1) is 17.4. The number of carbonyl (C=O) groups excluding carboxylic acids is 1. The highest BCUT2D eigenvalue weighted by Crippen LogP contribution is 2.38. The molecule has 0 aliphatic heterocycles. The normalized spacial score (nSPS) is 14.8. The lowest BCUT2D eigenvalue weighted by molar-refractivity contribution is -0.242. The van der Waals surface area contributed by atoms with Gasteiger partial charge in [0.2, 0.25) is 5.60 Å². The minimum absolute atomic E-state index is 0.0927. The third-order valence-electron chi connectivity index (χ3n) is 2.51. The van der Waals surface area contributed by atoms with Crippen LogP contribution in [0.3, 0.4) is 0 Å². The van der Waals surface area contributed by atoms with Crippen molar-refractivity contribution in [2.45, 2.75) is 23.6 Å². The highest BCUT2D eigenvalue weighted by atomic mass is 35.5. The summed E-state index contributed by atoms with van der Waals surface area (Å²) in [6.07, 6.45) is -3.36. The van der Waals surface area contributed by atoms with Gasteiger partial charge in [0.25, 0.3) is 5.91 Å². The van der Waals surface area contributed by atoms with E-state index in [0.717, 1.165) is 0 Å². The van der Waals surface area contributed by atoms with Gasteiger partial charge in [0.15, 0.2) is 0 Å². The van der Waals surface area contributed by atoms with Crippen molar-refractivity contribution in [2.75, 3.05) is 11.6 Å². The Morgan fingerprint density at radius 3 is 2.30 bits per heavy atom. The fourth-order valence-corrected chi connectivity index (χ4v) is 2.31. The van der Waals surface area contributed by atoms with Crippen LogP contribution in [-0.4, -0.2) is 29.0 Å². The van der Waals surface area contributed by atoms with E-state index in [1.54, 1.807) is 6.26 Å². The lowest BCUT2D eigenvalue weighted by Crippen LogP contribution is -2.52. The summed E-state index contributed by atoms with van der Waals surface area (Å²) in [5.41, 5.74) is -3.63. The molecule has 0 aliphatic rings. The highest BCUT2D eigenvalue weighted by Gasteiger charge is 2.55. The van der Waals surface area contributed by atoms with Crippen LogP contribution in [0.5, 0.6) is 0 Å². The Balaban J connectivity index is 3.07. The molecule has 0 saturated heterocycles. The highest BCUT2D eigenvalue weighted by molar-refractivity contribution is 7.98. The molecule has 0 radical (unpaired) electrons. The molecule has 1 unspecified atom stereocenters. The minimum atomic E-state index is -5.10. The SMILES string of the molecule is CSc1ccc(NC(=O)C(C)(O)C(F)(F)F)c(Cl)c1Cl. The lowest BCUT2D eigenvalue weighted by Gasteiger charge is -2.25. The summed E-state index contributed by atoms with van der Waals surface area (Å²) < 4.78 is 37.5. The van der Waals surface area contributed by atoms with Crippen LogP contribution in [0.25, 0.3) is 0 Å². The number of nitrogens with one attached hydrogen (secondary N) is 1. The van der Waals surface area contributed by atoms with E-state index in [4.69, 9.17) is 23.2 Å². The van der Waals surface area contributed by atoms with E-state index in [2.05, 4.69) is 0 Å². The number of benzene rings is 1. The number of rotatable bonds is 3. The summed E-state index contributed by atoms with van der Waals surface area (Å²) in [5, 5.41) is 11.2. The second-order valence-corrected chi connectivity index (χ2v) is 5.57. The van der Waals surface area contributed by atoms with E-state index < -0.39 is 17.7 Å². The van der Waals surface area contributed by atoms with Gasteiger partial charge in [-0.2, -0.15) is 13.2 Å². The summed E-state index contributed by atoms with van der Waals surface area (Å²) in [4.78, 5) is 12.1. The van der Waals surface area contributed by atoms with Gasteiger partial charge in [-0.1, -0.05) is 23.2 Å². The van der Waals surface area contributed by atoms with E-state index in [1.165, 1.54) is 23.9 Å². The molecule has 0 aliphatic carbocycles. The van der Waals surface area contributed by atoms with E-state index in [0.29, 0.717) is 11.8 Å². The van der Waals surface area contributed by atoms with Crippen LogP contribution in [0.15, 0.2) is 17.0 Å². The Morgan fingerprint density at radius 2 is 1.85 bits per heavy atom. The maximum atomic E-state index is 12.5. The van der Waals surface area contributed by atoms with Gasteiger partial charge in [-0.15, -0.1) is 11.8 Å². The fraction of sp³-hybridized carbons (Fsp3) is 0.364. The molecule has 0 heterocycles. The first-order valence-electron chi connectivity index (χ1n) is 5.15. The Morgan fingerprint density at radius 1 is 1.30 bits per heavy atom. The molecule has 3 nitrogen and oxygen atoms in total. The van der Waals surface area contributed by atoms with Gasteiger partial charge < -0.3 is 10.4 Å². The molecule has 1 rings (SSSR count). The molecule has 1 aromatic carbocycles. The van der Waals surface area contributed by atoms with Gasteiger partial charge in [0, 0.05) is 4.90 Å². The maximum absolute atomic E-state index is 12.5. The number of carbonyl (C=O) groups is 1. The molecule has 0 saturated carbocycles. The van der Waals surface area contributed by atoms with E-state index in [1.807, 2.05) is 5.32 Å². The summed E-state index contributed by atoms with van der Waals surface area (Å²) in [7, 11) is 0. The number of aliphatic hydroxyl groups is 1. The standard InChI is InChI=1S/C11H10Cl2F3NO2S/c1-10(19,11(14,15)16)9(18)17-5-3-4-6(20-2)8(13)7(5)12/h3-4,19H,1-2H3,(H,17,18). The minimum Gasteiger partial charge on any atom is -0.373 e. The number of thioether (sulfide) groups is 1. The van der Waals surface area contributed by atoms with Gasteiger partial charge in [0.1, 0.15) is 0 Å². The molecule has 20 heavy (non-hydrogen) atoms. The summed E-state index contributed by atoms with van der Waals surface area (Å²) >= 11 is 13.0. The predicted octanol–water partition coefficient (Wildman–Crippen LogP) is 3.97. The van der Waals surface area contributed by atoms with Crippen molar-refractivity contribution in [3.63, 3.8) is 0 Å². The van der Waals surface area contributed by atoms with Crippen molar-refractivity contribution in [3.05, 3.63) is 22.2 Å². The Labute approximate surface area is 127 Å². The summed E-state index contributed by atoms with van der Waals surface area (Å²) in [6, 6.07) is 2.81. The summed E-state index contributed by atoms with van der Waals surface area (Å²) in [6.45, 7) is 0.355. The third kappa shape index (κ3) is 3.33. The smallest absolute Gasteiger partial charge is 0.373 e. The topological polar surface area (TPSA) is 49.3 Å².